The van der Waals surface area contributed by atoms with E-state index in [0.717, 1.165) is 13.1 Å². The molecule has 2 heterocycles. The zero-order valence-corrected chi connectivity index (χ0v) is 11.3. The molecule has 13 heteroatoms. The molecule has 0 atom stereocenters. The van der Waals surface area contributed by atoms with E-state index in [1.54, 1.807) is 0 Å². The molecule has 3 N–H and O–H groups in total. The molecular weight excluding hydrogens is 345 g/mol. The summed E-state index contributed by atoms with van der Waals surface area (Å²) in [6, 6.07) is 0.650. The third-order valence-corrected chi connectivity index (χ3v) is 2.63. The molecule has 0 aromatic carbocycles. The van der Waals surface area contributed by atoms with Gasteiger partial charge in [0, 0.05) is 32.2 Å². The molecule has 2 saturated heterocycles. The Morgan fingerprint density at radius 2 is 1.22 bits per heavy atom. The van der Waals surface area contributed by atoms with Crippen LogP contribution in [0.5, 0.6) is 0 Å². The van der Waals surface area contributed by atoms with Crippen LogP contribution in [0, 0.1) is 0 Å². The Morgan fingerprint density at radius 1 is 0.913 bits per heavy atom. The topological polar surface area (TPSA) is 89.9 Å². The van der Waals surface area contributed by atoms with Crippen LogP contribution >= 0.6 is 0 Å². The number of aliphatic carboxylic acids is 2. The van der Waals surface area contributed by atoms with Gasteiger partial charge < -0.3 is 15.5 Å². The number of likely N-dealkylation sites (tertiary alicyclic amines) is 1. The number of carboxylic acid groups (broad SMARTS) is 2. The third kappa shape index (κ3) is 8.54. The number of nitrogens with one attached hydrogen (secondary N) is 1. The van der Waals surface area contributed by atoms with E-state index in [1.165, 1.54) is 0 Å². The van der Waals surface area contributed by atoms with Crippen molar-refractivity contribution in [1.82, 2.24) is 10.2 Å². The standard InChI is InChI=1S/C6H11FN2.2C2HF3O2/c7-5-3-9(4-5)6-1-8-2-6;2*3-2(4,5)1(6)7/h5-6,8H,1-4H2;2*(H,6,7). The van der Waals surface area contributed by atoms with E-state index >= 15 is 0 Å². The van der Waals surface area contributed by atoms with Gasteiger partial charge in [-0.3, -0.25) is 4.90 Å². The van der Waals surface area contributed by atoms with Gasteiger partial charge in [-0.2, -0.15) is 26.3 Å². The number of alkyl halides is 7. The highest BCUT2D eigenvalue weighted by molar-refractivity contribution is 5.73. The van der Waals surface area contributed by atoms with Gasteiger partial charge in [0.2, 0.25) is 0 Å². The molecule has 0 saturated carbocycles. The number of hydrogen-bond donors (Lipinski definition) is 3. The fourth-order valence-corrected chi connectivity index (χ4v) is 1.29. The molecule has 0 spiro atoms. The molecule has 0 aliphatic carbocycles. The maximum Gasteiger partial charge on any atom is 0.490 e. The van der Waals surface area contributed by atoms with Crippen molar-refractivity contribution in [2.24, 2.45) is 0 Å². The summed E-state index contributed by atoms with van der Waals surface area (Å²) in [5, 5.41) is 17.4. The maximum absolute atomic E-state index is 12.2. The summed E-state index contributed by atoms with van der Waals surface area (Å²) in [4.78, 5) is 20.0. The van der Waals surface area contributed by atoms with Crippen molar-refractivity contribution < 1.29 is 50.5 Å². The lowest BCUT2D eigenvalue weighted by Crippen LogP contribution is -2.64. The van der Waals surface area contributed by atoms with Gasteiger partial charge in [0.05, 0.1) is 0 Å². The van der Waals surface area contributed by atoms with Crippen molar-refractivity contribution in [3.8, 4) is 0 Å². The van der Waals surface area contributed by atoms with E-state index in [4.69, 9.17) is 19.8 Å². The first-order valence-corrected chi connectivity index (χ1v) is 5.94. The van der Waals surface area contributed by atoms with Gasteiger partial charge in [0.15, 0.2) is 0 Å². The van der Waals surface area contributed by atoms with E-state index in [9.17, 15) is 30.7 Å². The van der Waals surface area contributed by atoms with E-state index < -0.39 is 30.5 Å². The molecule has 2 aliphatic heterocycles. The van der Waals surface area contributed by atoms with Crippen molar-refractivity contribution in [2.75, 3.05) is 26.2 Å². The predicted octanol–water partition coefficient (Wildman–Crippen LogP) is 0.878. The van der Waals surface area contributed by atoms with Crippen LogP contribution in [-0.2, 0) is 9.59 Å². The Balaban J connectivity index is 0.000000322. The minimum Gasteiger partial charge on any atom is -0.475 e. The molecule has 0 aromatic heterocycles. The van der Waals surface area contributed by atoms with Crippen LogP contribution in [0.25, 0.3) is 0 Å². The first-order valence-electron chi connectivity index (χ1n) is 5.94. The molecule has 6 nitrogen and oxygen atoms in total. The van der Waals surface area contributed by atoms with Gasteiger partial charge in [0.1, 0.15) is 6.17 Å². The maximum atomic E-state index is 12.2. The zero-order valence-electron chi connectivity index (χ0n) is 11.3. The van der Waals surface area contributed by atoms with Crippen LogP contribution in [0.3, 0.4) is 0 Å². The van der Waals surface area contributed by atoms with Gasteiger partial charge in [-0.1, -0.05) is 0 Å². The van der Waals surface area contributed by atoms with Gasteiger partial charge in [-0.15, -0.1) is 0 Å². The second-order valence-electron chi connectivity index (χ2n) is 4.47. The highest BCUT2D eigenvalue weighted by Gasteiger charge is 2.39. The number of rotatable bonds is 1. The van der Waals surface area contributed by atoms with Crippen LogP contribution in [0.15, 0.2) is 0 Å². The average Bonchev–Trinajstić information content (AvgIpc) is 2.23. The van der Waals surface area contributed by atoms with Gasteiger partial charge in [-0.25, -0.2) is 14.0 Å². The quantitative estimate of drug-likeness (QED) is 0.603. The van der Waals surface area contributed by atoms with Crippen LogP contribution in [0.1, 0.15) is 0 Å². The summed E-state index contributed by atoms with van der Waals surface area (Å²) in [5.74, 6) is -5.51. The number of carboxylic acids is 2. The fraction of sp³-hybridized carbons (Fsp3) is 0.800. The van der Waals surface area contributed by atoms with E-state index in [2.05, 4.69) is 10.2 Å². The Bertz CT molecular complexity index is 379. The van der Waals surface area contributed by atoms with E-state index in [1.807, 2.05) is 0 Å². The summed E-state index contributed by atoms with van der Waals surface area (Å²) in [5.41, 5.74) is 0. The average molecular weight is 358 g/mol. The molecule has 0 radical (unpaired) electrons. The highest BCUT2D eigenvalue weighted by atomic mass is 19.4. The summed E-state index contributed by atoms with van der Waals surface area (Å²) >= 11 is 0. The summed E-state index contributed by atoms with van der Waals surface area (Å²) in [7, 11) is 0. The highest BCUT2D eigenvalue weighted by Crippen LogP contribution is 2.16. The SMILES string of the molecule is FC1CN(C2CNC2)C1.O=C(O)C(F)(F)F.O=C(O)C(F)(F)F. The number of hydrogen-bond acceptors (Lipinski definition) is 4. The minimum absolute atomic E-state index is 0.536. The third-order valence-electron chi connectivity index (χ3n) is 2.63. The Hall–Kier alpha value is -1.63. The van der Waals surface area contributed by atoms with Crippen LogP contribution < -0.4 is 5.32 Å². The van der Waals surface area contributed by atoms with Crippen LogP contribution in [0.2, 0.25) is 0 Å². The van der Waals surface area contributed by atoms with Gasteiger partial charge in [-0.05, 0) is 0 Å². The lowest BCUT2D eigenvalue weighted by molar-refractivity contribution is -0.193. The predicted molar refractivity (Wildman–Crippen MR) is 60.5 cm³/mol. The molecule has 23 heavy (non-hydrogen) atoms. The molecule has 0 aromatic rings. The smallest absolute Gasteiger partial charge is 0.475 e. The summed E-state index contributed by atoms with van der Waals surface area (Å²) < 4.78 is 75.7. The molecule has 0 bridgehead atoms. The molecule has 0 unspecified atom stereocenters. The summed E-state index contributed by atoms with van der Waals surface area (Å²) in [6.45, 7) is 3.47. The number of carbonyl (C=O) groups is 2. The molecule has 2 fully saturated rings. The van der Waals surface area contributed by atoms with Crippen molar-refractivity contribution in [3.63, 3.8) is 0 Å². The minimum atomic E-state index is -5.08. The van der Waals surface area contributed by atoms with Crippen molar-refractivity contribution in [1.29, 1.82) is 0 Å². The molecule has 2 rings (SSSR count). The normalized spacial score (nSPS) is 19.3. The zero-order chi connectivity index (χ0) is 18.4. The first-order chi connectivity index (χ1) is 10.2. The second kappa shape index (κ2) is 8.29. The van der Waals surface area contributed by atoms with Crippen LogP contribution in [-0.4, -0.2) is 77.8 Å². The lowest BCUT2D eigenvalue weighted by Gasteiger charge is -2.45. The second-order valence-corrected chi connectivity index (χ2v) is 4.47. The first kappa shape index (κ1) is 21.4. The summed E-state index contributed by atoms with van der Waals surface area (Å²) in [6.07, 6.45) is -10.7. The molecular formula is C10H13F7N2O4. The number of nitrogens with zero attached hydrogens (tertiary/aromatic N) is 1. The number of halogens is 7. The molecule has 0 amide bonds. The van der Waals surface area contributed by atoms with E-state index in [-0.39, 0.29) is 0 Å². The molecule has 136 valence electrons. The van der Waals surface area contributed by atoms with Crippen molar-refractivity contribution in [2.45, 2.75) is 24.6 Å². The Morgan fingerprint density at radius 3 is 1.35 bits per heavy atom. The van der Waals surface area contributed by atoms with Gasteiger partial charge >= 0.3 is 24.3 Å². The monoisotopic (exact) mass is 358 g/mol. The van der Waals surface area contributed by atoms with Crippen molar-refractivity contribution >= 4 is 11.9 Å². The van der Waals surface area contributed by atoms with Crippen molar-refractivity contribution in [3.05, 3.63) is 0 Å². The largest absolute Gasteiger partial charge is 0.490 e. The fourth-order valence-electron chi connectivity index (χ4n) is 1.29. The van der Waals surface area contributed by atoms with E-state index in [0.29, 0.717) is 19.1 Å². The molecule has 2 aliphatic rings. The Kier molecular flexibility index (Phi) is 7.70. The van der Waals surface area contributed by atoms with Gasteiger partial charge in [0.25, 0.3) is 0 Å². The lowest BCUT2D eigenvalue weighted by atomic mass is 10.0. The van der Waals surface area contributed by atoms with Crippen LogP contribution in [0.4, 0.5) is 30.7 Å². The Labute approximate surface area is 124 Å².